The van der Waals surface area contributed by atoms with Crippen LogP contribution in [-0.4, -0.2) is 59.0 Å². The standard InChI is InChI=1S/C15H23N3O5S/c1-10(23-13(20)7-18-9-24-8-12(18)19)14(21)17-15(22)16-11-5-3-2-4-6-11/h10-11H,2-9H2,1H3,(H2,16,17,21,22)/t10-/m1/s1. The molecule has 0 aromatic carbocycles. The van der Waals surface area contributed by atoms with E-state index in [2.05, 4.69) is 10.6 Å². The van der Waals surface area contributed by atoms with Crippen LogP contribution in [0.5, 0.6) is 0 Å². The third-order valence-electron chi connectivity index (χ3n) is 4.00. The molecule has 8 nitrogen and oxygen atoms in total. The fourth-order valence-electron chi connectivity index (χ4n) is 2.67. The summed E-state index contributed by atoms with van der Waals surface area (Å²) in [5.41, 5.74) is 0. The maximum absolute atomic E-state index is 11.9. The molecule has 2 N–H and O–H groups in total. The Balaban J connectivity index is 1.69. The van der Waals surface area contributed by atoms with Gasteiger partial charge < -0.3 is 15.0 Å². The van der Waals surface area contributed by atoms with Crippen molar-refractivity contribution in [3.63, 3.8) is 0 Å². The Labute approximate surface area is 145 Å². The molecule has 2 fully saturated rings. The molecule has 24 heavy (non-hydrogen) atoms. The van der Waals surface area contributed by atoms with E-state index in [1.807, 2.05) is 0 Å². The van der Waals surface area contributed by atoms with Crippen molar-refractivity contribution in [2.75, 3.05) is 18.2 Å². The van der Waals surface area contributed by atoms with Crippen molar-refractivity contribution in [3.05, 3.63) is 0 Å². The first-order valence-corrected chi connectivity index (χ1v) is 9.27. The normalized spacial score (nSPS) is 19.7. The fraction of sp³-hybridized carbons (Fsp3) is 0.733. The number of hydrogen-bond acceptors (Lipinski definition) is 6. The number of carbonyl (C=O) groups excluding carboxylic acids is 4. The number of amides is 4. The molecule has 2 aliphatic rings. The van der Waals surface area contributed by atoms with Crippen molar-refractivity contribution in [1.82, 2.24) is 15.5 Å². The van der Waals surface area contributed by atoms with E-state index in [4.69, 9.17) is 4.74 Å². The predicted molar refractivity (Wildman–Crippen MR) is 88.1 cm³/mol. The van der Waals surface area contributed by atoms with Gasteiger partial charge in [-0.2, -0.15) is 0 Å². The molecule has 134 valence electrons. The molecule has 0 spiro atoms. The second kappa shape index (κ2) is 8.91. The first kappa shape index (κ1) is 18.6. The lowest BCUT2D eigenvalue weighted by Crippen LogP contribution is -2.48. The minimum atomic E-state index is -1.10. The number of hydrogen-bond donors (Lipinski definition) is 2. The Morgan fingerprint density at radius 1 is 1.29 bits per heavy atom. The van der Waals surface area contributed by atoms with E-state index in [1.165, 1.54) is 30.0 Å². The largest absolute Gasteiger partial charge is 0.451 e. The Morgan fingerprint density at radius 2 is 2.00 bits per heavy atom. The highest BCUT2D eigenvalue weighted by atomic mass is 32.2. The van der Waals surface area contributed by atoms with Gasteiger partial charge in [-0.05, 0) is 19.8 Å². The van der Waals surface area contributed by atoms with E-state index < -0.39 is 24.0 Å². The van der Waals surface area contributed by atoms with Gasteiger partial charge >= 0.3 is 12.0 Å². The monoisotopic (exact) mass is 357 g/mol. The minimum absolute atomic E-state index is 0.0862. The summed E-state index contributed by atoms with van der Waals surface area (Å²) in [6.45, 7) is 1.21. The summed E-state index contributed by atoms with van der Waals surface area (Å²) in [4.78, 5) is 48.2. The van der Waals surface area contributed by atoms with Crippen LogP contribution in [0.2, 0.25) is 0 Å². The molecule has 0 aromatic heterocycles. The molecular weight excluding hydrogens is 334 g/mol. The molecule has 1 heterocycles. The molecule has 1 aliphatic carbocycles. The lowest BCUT2D eigenvalue weighted by atomic mass is 9.96. The van der Waals surface area contributed by atoms with Crippen molar-refractivity contribution in [2.45, 2.75) is 51.2 Å². The highest BCUT2D eigenvalue weighted by molar-refractivity contribution is 8.00. The molecule has 1 atom stereocenters. The van der Waals surface area contributed by atoms with Crippen LogP contribution in [0.3, 0.4) is 0 Å². The van der Waals surface area contributed by atoms with Gasteiger partial charge in [0.05, 0.1) is 11.6 Å². The van der Waals surface area contributed by atoms with Crippen molar-refractivity contribution < 1.29 is 23.9 Å². The maximum Gasteiger partial charge on any atom is 0.326 e. The van der Waals surface area contributed by atoms with Gasteiger partial charge in [0, 0.05) is 6.04 Å². The Bertz CT molecular complexity index is 507. The average molecular weight is 357 g/mol. The molecule has 0 bridgehead atoms. The van der Waals surface area contributed by atoms with Crippen LogP contribution in [0.4, 0.5) is 4.79 Å². The van der Waals surface area contributed by atoms with Gasteiger partial charge in [-0.15, -0.1) is 11.8 Å². The van der Waals surface area contributed by atoms with Crippen LogP contribution < -0.4 is 10.6 Å². The van der Waals surface area contributed by atoms with Crippen LogP contribution in [-0.2, 0) is 19.1 Å². The van der Waals surface area contributed by atoms with E-state index in [9.17, 15) is 19.2 Å². The molecule has 0 unspecified atom stereocenters. The van der Waals surface area contributed by atoms with Gasteiger partial charge in [0.25, 0.3) is 5.91 Å². The van der Waals surface area contributed by atoms with Crippen molar-refractivity contribution in [3.8, 4) is 0 Å². The lowest BCUT2D eigenvalue weighted by Gasteiger charge is -2.23. The predicted octanol–water partition coefficient (Wildman–Crippen LogP) is 0.610. The zero-order valence-electron chi connectivity index (χ0n) is 13.7. The van der Waals surface area contributed by atoms with Gasteiger partial charge in [0.2, 0.25) is 5.91 Å². The number of esters is 1. The summed E-state index contributed by atoms with van der Waals surface area (Å²) in [6, 6.07) is -0.482. The number of carbonyl (C=O) groups is 4. The third kappa shape index (κ3) is 5.70. The first-order chi connectivity index (χ1) is 11.5. The third-order valence-corrected chi connectivity index (χ3v) is 4.95. The number of imide groups is 1. The van der Waals surface area contributed by atoms with Crippen molar-refractivity contribution in [2.24, 2.45) is 0 Å². The number of thioether (sulfide) groups is 1. The van der Waals surface area contributed by atoms with E-state index in [0.717, 1.165) is 25.7 Å². The van der Waals surface area contributed by atoms with Crippen LogP contribution in [0, 0.1) is 0 Å². The molecule has 0 radical (unpaired) electrons. The summed E-state index contributed by atoms with van der Waals surface area (Å²) in [7, 11) is 0. The Hall–Kier alpha value is -1.77. The van der Waals surface area contributed by atoms with Gasteiger partial charge in [-0.1, -0.05) is 19.3 Å². The smallest absolute Gasteiger partial charge is 0.326 e. The highest BCUT2D eigenvalue weighted by Gasteiger charge is 2.26. The summed E-state index contributed by atoms with van der Waals surface area (Å²) in [6.07, 6.45) is 4.03. The molecule has 2 rings (SSSR count). The fourth-order valence-corrected chi connectivity index (χ4v) is 3.57. The second-order valence-electron chi connectivity index (χ2n) is 6.00. The quantitative estimate of drug-likeness (QED) is 0.699. The molecule has 9 heteroatoms. The Kier molecular flexibility index (Phi) is 6.89. The summed E-state index contributed by atoms with van der Waals surface area (Å²) < 4.78 is 4.98. The summed E-state index contributed by atoms with van der Waals surface area (Å²) in [5, 5.41) is 4.94. The first-order valence-electron chi connectivity index (χ1n) is 8.12. The summed E-state index contributed by atoms with van der Waals surface area (Å²) in [5.74, 6) is -0.677. The van der Waals surface area contributed by atoms with Crippen LogP contribution >= 0.6 is 11.8 Å². The molecule has 0 aromatic rings. The number of rotatable bonds is 5. The van der Waals surface area contributed by atoms with Crippen LogP contribution in [0.25, 0.3) is 0 Å². The lowest BCUT2D eigenvalue weighted by molar-refractivity contribution is -0.156. The van der Waals surface area contributed by atoms with Crippen LogP contribution in [0.15, 0.2) is 0 Å². The molecule has 1 aliphatic heterocycles. The minimum Gasteiger partial charge on any atom is -0.451 e. The molecule has 1 saturated heterocycles. The zero-order chi connectivity index (χ0) is 17.5. The van der Waals surface area contributed by atoms with Gasteiger partial charge in [0.15, 0.2) is 6.10 Å². The summed E-state index contributed by atoms with van der Waals surface area (Å²) >= 11 is 1.42. The molecule has 1 saturated carbocycles. The second-order valence-corrected chi connectivity index (χ2v) is 6.95. The van der Waals surface area contributed by atoms with Crippen molar-refractivity contribution >= 4 is 35.6 Å². The van der Waals surface area contributed by atoms with E-state index in [-0.39, 0.29) is 18.5 Å². The van der Waals surface area contributed by atoms with Crippen molar-refractivity contribution in [1.29, 1.82) is 0 Å². The van der Waals surface area contributed by atoms with Crippen LogP contribution in [0.1, 0.15) is 39.0 Å². The van der Waals surface area contributed by atoms with Gasteiger partial charge in [-0.25, -0.2) is 4.79 Å². The van der Waals surface area contributed by atoms with Gasteiger partial charge in [-0.3, -0.25) is 19.7 Å². The highest BCUT2D eigenvalue weighted by Crippen LogP contribution is 2.17. The SMILES string of the molecule is C[C@@H](OC(=O)CN1CSCC1=O)C(=O)NC(=O)NC1CCCCC1. The van der Waals surface area contributed by atoms with E-state index in [0.29, 0.717) is 11.6 Å². The van der Waals surface area contributed by atoms with E-state index in [1.54, 1.807) is 0 Å². The molecule has 4 amide bonds. The maximum atomic E-state index is 11.9. The van der Waals surface area contributed by atoms with Gasteiger partial charge in [0.1, 0.15) is 6.54 Å². The number of urea groups is 1. The zero-order valence-corrected chi connectivity index (χ0v) is 14.5. The topological polar surface area (TPSA) is 105 Å². The Morgan fingerprint density at radius 3 is 2.62 bits per heavy atom. The number of nitrogens with one attached hydrogen (secondary N) is 2. The number of ether oxygens (including phenoxy) is 1. The number of nitrogens with zero attached hydrogens (tertiary/aromatic N) is 1. The average Bonchev–Trinajstić information content (AvgIpc) is 2.93. The molecular formula is C15H23N3O5S. The van der Waals surface area contributed by atoms with E-state index >= 15 is 0 Å².